The molecule has 0 radical (unpaired) electrons. The first-order chi connectivity index (χ1) is 10.9. The molecule has 0 spiro atoms. The number of nitrogens with zero attached hydrogens (tertiary/aromatic N) is 3. The van der Waals surface area contributed by atoms with Crippen molar-refractivity contribution in [2.75, 3.05) is 27.2 Å². The molecule has 0 saturated heterocycles. The van der Waals surface area contributed by atoms with E-state index in [1.807, 2.05) is 31.1 Å². The van der Waals surface area contributed by atoms with Gasteiger partial charge < -0.3 is 15.3 Å². The number of amides is 1. The van der Waals surface area contributed by atoms with Gasteiger partial charge in [0.2, 0.25) is 0 Å². The number of carbonyl (C=O) groups excluding carboxylic acids is 1. The van der Waals surface area contributed by atoms with Crippen molar-refractivity contribution in [3.63, 3.8) is 0 Å². The van der Waals surface area contributed by atoms with E-state index in [9.17, 15) is 9.90 Å². The molecule has 0 bridgehead atoms. The molecule has 2 aromatic rings. The lowest BCUT2D eigenvalue weighted by Gasteiger charge is -2.16. The van der Waals surface area contributed by atoms with E-state index in [1.165, 1.54) is 0 Å². The Morgan fingerprint density at radius 2 is 2.09 bits per heavy atom. The molecule has 0 aliphatic heterocycles. The number of rotatable bonds is 7. The number of hydrogen-bond acceptors (Lipinski definition) is 4. The standard InChI is InChI=1S/C16H21ClN4O2/c1-20(2)11-15(22)8-18-16(23)13-5-3-12(4-6-13)9-21-10-14(17)7-19-21/h3-7,10,15,22H,8-9,11H2,1-2H3,(H,18,23). The van der Waals surface area contributed by atoms with Crippen LogP contribution < -0.4 is 5.32 Å². The molecule has 0 fully saturated rings. The van der Waals surface area contributed by atoms with E-state index in [1.54, 1.807) is 29.2 Å². The second-order valence-electron chi connectivity index (χ2n) is 5.68. The Labute approximate surface area is 140 Å². The highest BCUT2D eigenvalue weighted by Gasteiger charge is 2.10. The van der Waals surface area contributed by atoms with Gasteiger partial charge in [0, 0.05) is 24.8 Å². The van der Waals surface area contributed by atoms with E-state index in [2.05, 4.69) is 10.4 Å². The van der Waals surface area contributed by atoms with E-state index >= 15 is 0 Å². The molecule has 124 valence electrons. The van der Waals surface area contributed by atoms with Crippen molar-refractivity contribution in [3.8, 4) is 0 Å². The summed E-state index contributed by atoms with van der Waals surface area (Å²) in [5, 5.41) is 17.2. The SMILES string of the molecule is CN(C)CC(O)CNC(=O)c1ccc(Cn2cc(Cl)cn2)cc1. The molecule has 0 aliphatic rings. The Kier molecular flexibility index (Phi) is 6.15. The summed E-state index contributed by atoms with van der Waals surface area (Å²) in [5.41, 5.74) is 1.58. The molecule has 1 amide bonds. The molecule has 0 aliphatic carbocycles. The van der Waals surface area contributed by atoms with Crippen LogP contribution in [0.5, 0.6) is 0 Å². The lowest BCUT2D eigenvalue weighted by molar-refractivity contribution is 0.0892. The van der Waals surface area contributed by atoms with Crippen LogP contribution in [0.1, 0.15) is 15.9 Å². The van der Waals surface area contributed by atoms with Gasteiger partial charge in [-0.2, -0.15) is 5.10 Å². The molecule has 1 atom stereocenters. The third-order valence-corrected chi connectivity index (χ3v) is 3.43. The van der Waals surface area contributed by atoms with Crippen LogP contribution in [0.3, 0.4) is 0 Å². The zero-order valence-electron chi connectivity index (χ0n) is 13.2. The topological polar surface area (TPSA) is 70.4 Å². The van der Waals surface area contributed by atoms with E-state index in [4.69, 9.17) is 11.6 Å². The van der Waals surface area contributed by atoms with Crippen LogP contribution in [-0.4, -0.2) is 59.0 Å². The van der Waals surface area contributed by atoms with Crippen molar-refractivity contribution in [1.82, 2.24) is 20.0 Å². The molecular weight excluding hydrogens is 316 g/mol. The zero-order valence-corrected chi connectivity index (χ0v) is 14.0. The van der Waals surface area contributed by atoms with Crippen molar-refractivity contribution in [1.29, 1.82) is 0 Å². The molecule has 7 heteroatoms. The van der Waals surface area contributed by atoms with Crippen LogP contribution in [-0.2, 0) is 6.54 Å². The molecule has 1 aromatic carbocycles. The largest absolute Gasteiger partial charge is 0.390 e. The summed E-state index contributed by atoms with van der Waals surface area (Å²) in [7, 11) is 3.74. The number of aliphatic hydroxyl groups excluding tert-OH is 1. The highest BCUT2D eigenvalue weighted by molar-refractivity contribution is 6.30. The highest BCUT2D eigenvalue weighted by Crippen LogP contribution is 2.09. The predicted molar refractivity (Wildman–Crippen MR) is 89.7 cm³/mol. The fraction of sp³-hybridized carbons (Fsp3) is 0.375. The number of likely N-dealkylation sites (N-methyl/N-ethyl adjacent to an activating group) is 1. The monoisotopic (exact) mass is 336 g/mol. The molecule has 1 unspecified atom stereocenters. The maximum absolute atomic E-state index is 12.0. The summed E-state index contributed by atoms with van der Waals surface area (Å²) in [5.74, 6) is -0.198. The fourth-order valence-electron chi connectivity index (χ4n) is 2.17. The second kappa shape index (κ2) is 8.10. The minimum Gasteiger partial charge on any atom is -0.390 e. The second-order valence-corrected chi connectivity index (χ2v) is 6.12. The number of nitrogens with one attached hydrogen (secondary N) is 1. The van der Waals surface area contributed by atoms with Crippen LogP contribution in [0.25, 0.3) is 0 Å². The summed E-state index contributed by atoms with van der Waals surface area (Å²) in [6, 6.07) is 7.27. The van der Waals surface area contributed by atoms with Gasteiger partial charge in [-0.25, -0.2) is 0 Å². The summed E-state index contributed by atoms with van der Waals surface area (Å²) in [4.78, 5) is 13.9. The van der Waals surface area contributed by atoms with Crippen LogP contribution in [0.2, 0.25) is 5.02 Å². The lowest BCUT2D eigenvalue weighted by atomic mass is 10.1. The average molecular weight is 337 g/mol. The first kappa shape index (κ1) is 17.5. The third-order valence-electron chi connectivity index (χ3n) is 3.24. The number of aromatic nitrogens is 2. The van der Waals surface area contributed by atoms with Gasteiger partial charge in [-0.05, 0) is 31.8 Å². The molecule has 23 heavy (non-hydrogen) atoms. The molecular formula is C16H21ClN4O2. The quantitative estimate of drug-likeness (QED) is 0.798. The Morgan fingerprint density at radius 1 is 1.39 bits per heavy atom. The van der Waals surface area contributed by atoms with Crippen molar-refractivity contribution < 1.29 is 9.90 Å². The summed E-state index contributed by atoms with van der Waals surface area (Å²) in [6.45, 7) is 1.33. The minimum atomic E-state index is -0.585. The molecule has 1 aromatic heterocycles. The van der Waals surface area contributed by atoms with Crippen molar-refractivity contribution in [2.24, 2.45) is 0 Å². The minimum absolute atomic E-state index is 0.198. The van der Waals surface area contributed by atoms with Crippen molar-refractivity contribution >= 4 is 17.5 Å². The number of carbonyl (C=O) groups is 1. The van der Waals surface area contributed by atoms with Crippen LogP contribution in [0.15, 0.2) is 36.7 Å². The third kappa shape index (κ3) is 5.67. The average Bonchev–Trinajstić information content (AvgIpc) is 2.90. The van der Waals surface area contributed by atoms with Crippen LogP contribution >= 0.6 is 11.6 Å². The molecule has 0 saturated carbocycles. The summed E-state index contributed by atoms with van der Waals surface area (Å²) in [6.07, 6.45) is 2.74. The number of halogens is 1. The first-order valence-electron chi connectivity index (χ1n) is 7.32. The van der Waals surface area contributed by atoms with Crippen LogP contribution in [0.4, 0.5) is 0 Å². The van der Waals surface area contributed by atoms with Crippen molar-refractivity contribution in [2.45, 2.75) is 12.6 Å². The van der Waals surface area contributed by atoms with Gasteiger partial charge in [0.25, 0.3) is 5.91 Å². The summed E-state index contributed by atoms with van der Waals surface area (Å²) >= 11 is 5.83. The summed E-state index contributed by atoms with van der Waals surface area (Å²) < 4.78 is 1.73. The number of aliphatic hydroxyl groups is 1. The number of benzene rings is 1. The molecule has 1 heterocycles. The molecule has 2 N–H and O–H groups in total. The van der Waals surface area contributed by atoms with Gasteiger partial charge in [-0.3, -0.25) is 9.48 Å². The Morgan fingerprint density at radius 3 is 2.65 bits per heavy atom. The molecule has 6 nitrogen and oxygen atoms in total. The van der Waals surface area contributed by atoms with Crippen molar-refractivity contribution in [3.05, 3.63) is 52.8 Å². The van der Waals surface area contributed by atoms with Crippen LogP contribution in [0, 0.1) is 0 Å². The highest BCUT2D eigenvalue weighted by atomic mass is 35.5. The Balaban J connectivity index is 1.87. The fourth-order valence-corrected chi connectivity index (χ4v) is 2.33. The van der Waals surface area contributed by atoms with Gasteiger partial charge >= 0.3 is 0 Å². The van der Waals surface area contributed by atoms with E-state index in [0.29, 0.717) is 23.7 Å². The van der Waals surface area contributed by atoms with Gasteiger partial charge in [0.1, 0.15) is 0 Å². The van der Waals surface area contributed by atoms with Gasteiger partial charge in [-0.1, -0.05) is 23.7 Å². The van der Waals surface area contributed by atoms with Gasteiger partial charge in [-0.15, -0.1) is 0 Å². The van der Waals surface area contributed by atoms with E-state index in [0.717, 1.165) is 5.56 Å². The maximum Gasteiger partial charge on any atom is 0.251 e. The predicted octanol–water partition coefficient (Wildman–Crippen LogP) is 1.24. The zero-order chi connectivity index (χ0) is 16.8. The normalized spacial score (nSPS) is 12.4. The smallest absolute Gasteiger partial charge is 0.251 e. The first-order valence-corrected chi connectivity index (χ1v) is 7.69. The van der Waals surface area contributed by atoms with E-state index < -0.39 is 6.10 Å². The van der Waals surface area contributed by atoms with Gasteiger partial charge in [0.05, 0.1) is 23.9 Å². The van der Waals surface area contributed by atoms with Gasteiger partial charge in [0.15, 0.2) is 0 Å². The lowest BCUT2D eigenvalue weighted by Crippen LogP contribution is -2.37. The Hall–Kier alpha value is -1.89. The maximum atomic E-state index is 12.0. The van der Waals surface area contributed by atoms with E-state index in [-0.39, 0.29) is 12.5 Å². The Bertz CT molecular complexity index is 640. The number of hydrogen-bond donors (Lipinski definition) is 2. The molecule has 2 rings (SSSR count).